The topological polar surface area (TPSA) is 20.2 Å². The predicted molar refractivity (Wildman–Crippen MR) is 124 cm³/mol. The van der Waals surface area contributed by atoms with E-state index in [1.54, 1.807) is 0 Å². The largest absolute Gasteiger partial charge is 0.393 e. The highest BCUT2D eigenvalue weighted by Crippen LogP contribution is 2.68. The first kappa shape index (κ1) is 21.9. The zero-order chi connectivity index (χ0) is 21.0. The van der Waals surface area contributed by atoms with Gasteiger partial charge in [0.2, 0.25) is 0 Å². The fourth-order valence-corrected chi connectivity index (χ4v) is 8.81. The molecular weight excluding hydrogens is 352 g/mol. The van der Waals surface area contributed by atoms with Gasteiger partial charge in [0.1, 0.15) is 0 Å². The fraction of sp³-hybridized carbons (Fsp3) is 0.929. The minimum absolute atomic E-state index is 0.0633. The molecule has 0 spiro atoms. The molecule has 0 heterocycles. The van der Waals surface area contributed by atoms with Crippen molar-refractivity contribution in [1.82, 2.24) is 0 Å². The summed E-state index contributed by atoms with van der Waals surface area (Å²) in [5.74, 6) is 3.53. The van der Waals surface area contributed by atoms with Crippen LogP contribution in [0.15, 0.2) is 11.1 Å². The van der Waals surface area contributed by atoms with Gasteiger partial charge in [0.15, 0.2) is 0 Å². The molecule has 0 aromatic heterocycles. The van der Waals surface area contributed by atoms with Gasteiger partial charge < -0.3 is 5.11 Å². The lowest BCUT2D eigenvalue weighted by Gasteiger charge is -2.60. The van der Waals surface area contributed by atoms with Crippen LogP contribution < -0.4 is 0 Å². The van der Waals surface area contributed by atoms with E-state index in [0.717, 1.165) is 36.5 Å². The smallest absolute Gasteiger partial charge is 0.0546 e. The highest BCUT2D eigenvalue weighted by atomic mass is 16.3. The molecule has 4 aliphatic rings. The van der Waals surface area contributed by atoms with Gasteiger partial charge in [-0.1, -0.05) is 72.0 Å². The first-order valence-electron chi connectivity index (χ1n) is 13.0. The molecule has 29 heavy (non-hydrogen) atoms. The summed E-state index contributed by atoms with van der Waals surface area (Å²) in [6, 6.07) is 0. The number of hydrogen-bond donors (Lipinski definition) is 1. The van der Waals surface area contributed by atoms with E-state index in [2.05, 4.69) is 41.5 Å². The van der Waals surface area contributed by atoms with Gasteiger partial charge in [-0.25, -0.2) is 0 Å². The Morgan fingerprint density at radius 2 is 1.69 bits per heavy atom. The van der Waals surface area contributed by atoms with Crippen LogP contribution in [-0.2, 0) is 0 Å². The third-order valence-corrected chi connectivity index (χ3v) is 10.9. The molecule has 0 bridgehead atoms. The summed E-state index contributed by atoms with van der Waals surface area (Å²) in [7, 11) is 0. The summed E-state index contributed by atoms with van der Waals surface area (Å²) in [5.41, 5.74) is 5.00. The molecule has 2 fully saturated rings. The molecule has 1 heteroatoms. The van der Waals surface area contributed by atoms with Crippen molar-refractivity contribution in [2.45, 2.75) is 125 Å². The summed E-state index contributed by atoms with van der Waals surface area (Å²) >= 11 is 0. The van der Waals surface area contributed by atoms with Crippen LogP contribution in [0, 0.1) is 39.9 Å². The summed E-state index contributed by atoms with van der Waals surface area (Å²) in [4.78, 5) is 0. The van der Waals surface area contributed by atoms with Crippen molar-refractivity contribution in [1.29, 1.82) is 0 Å². The first-order chi connectivity index (χ1) is 13.6. The molecule has 0 aromatic carbocycles. The van der Waals surface area contributed by atoms with Gasteiger partial charge in [-0.15, -0.1) is 0 Å². The van der Waals surface area contributed by atoms with Gasteiger partial charge in [-0.2, -0.15) is 0 Å². The Morgan fingerprint density at radius 3 is 2.41 bits per heavy atom. The van der Waals surface area contributed by atoms with E-state index in [4.69, 9.17) is 0 Å². The maximum atomic E-state index is 10.4. The molecule has 1 nitrogen and oxygen atoms in total. The van der Waals surface area contributed by atoms with Crippen LogP contribution in [0.3, 0.4) is 0 Å². The average molecular weight is 401 g/mol. The molecule has 0 aliphatic heterocycles. The van der Waals surface area contributed by atoms with Crippen LogP contribution >= 0.6 is 0 Å². The van der Waals surface area contributed by atoms with Crippen LogP contribution in [0.5, 0.6) is 0 Å². The van der Waals surface area contributed by atoms with Gasteiger partial charge in [0.25, 0.3) is 0 Å². The third kappa shape index (κ3) is 3.46. The van der Waals surface area contributed by atoms with Crippen LogP contribution in [0.4, 0.5) is 0 Å². The molecule has 4 aliphatic carbocycles. The second-order valence-electron chi connectivity index (χ2n) is 12.8. The normalized spacial score (nSPS) is 45.7. The first-order valence-corrected chi connectivity index (χ1v) is 13.0. The van der Waals surface area contributed by atoms with Crippen LogP contribution in [0.2, 0.25) is 0 Å². The van der Waals surface area contributed by atoms with Crippen molar-refractivity contribution in [3.05, 3.63) is 11.1 Å². The Morgan fingerprint density at radius 1 is 0.931 bits per heavy atom. The number of hydrogen-bond acceptors (Lipinski definition) is 1. The van der Waals surface area contributed by atoms with E-state index in [0.29, 0.717) is 16.2 Å². The van der Waals surface area contributed by atoms with Crippen molar-refractivity contribution >= 4 is 0 Å². The molecular formula is C28H48O. The fourth-order valence-electron chi connectivity index (χ4n) is 8.81. The van der Waals surface area contributed by atoms with Crippen molar-refractivity contribution in [3.63, 3.8) is 0 Å². The molecule has 0 radical (unpaired) electrons. The van der Waals surface area contributed by atoms with E-state index in [1.807, 2.05) is 11.1 Å². The van der Waals surface area contributed by atoms with Crippen LogP contribution in [-0.4, -0.2) is 11.2 Å². The molecule has 1 N–H and O–H groups in total. The van der Waals surface area contributed by atoms with E-state index in [-0.39, 0.29) is 6.10 Å². The maximum Gasteiger partial charge on any atom is 0.0546 e. The van der Waals surface area contributed by atoms with Gasteiger partial charge in [-0.05, 0) is 97.7 Å². The SMILES string of the molecule is CC(C)CCC[C@@H](C)[C@H]1CC[C@H]2C3=C(CC[C@]12C)[C@@]1(C)CCC(O)C[C@@]1(C)CC3. The van der Waals surface area contributed by atoms with Crippen LogP contribution in [0.1, 0.15) is 119 Å². The molecule has 0 amide bonds. The second kappa shape index (κ2) is 7.68. The van der Waals surface area contributed by atoms with Crippen molar-refractivity contribution < 1.29 is 5.11 Å². The average Bonchev–Trinajstić information content (AvgIpc) is 2.99. The highest BCUT2D eigenvalue weighted by Gasteiger charge is 2.58. The molecule has 166 valence electrons. The lowest BCUT2D eigenvalue weighted by Crippen LogP contribution is -2.51. The Kier molecular flexibility index (Phi) is 5.81. The lowest BCUT2D eigenvalue weighted by molar-refractivity contribution is -0.0483. The summed E-state index contributed by atoms with van der Waals surface area (Å²) in [6.07, 6.45) is 15.7. The van der Waals surface area contributed by atoms with Gasteiger partial charge >= 0.3 is 0 Å². The number of aliphatic hydroxyl groups excluding tert-OH is 1. The van der Waals surface area contributed by atoms with Crippen molar-refractivity contribution in [2.75, 3.05) is 0 Å². The summed E-state index contributed by atoms with van der Waals surface area (Å²) in [5, 5.41) is 10.4. The Hall–Kier alpha value is -0.300. The standard InChI is InChI=1S/C28H48O/c1-19(2)8-7-9-20(3)23-10-11-24-22-13-15-26(4)18-21(29)12-17-28(26,6)25(22)14-16-27(23,24)5/h19-21,23-24,29H,7-18H2,1-6H3/t20-,21?,23-,24+,26-,27-,28-/m1/s1. The second-order valence-corrected chi connectivity index (χ2v) is 12.8. The molecule has 0 aromatic rings. The zero-order valence-corrected chi connectivity index (χ0v) is 20.3. The van der Waals surface area contributed by atoms with Gasteiger partial charge in [0.05, 0.1) is 6.10 Å². The minimum atomic E-state index is -0.0633. The van der Waals surface area contributed by atoms with Crippen molar-refractivity contribution in [2.24, 2.45) is 39.9 Å². The highest BCUT2D eigenvalue weighted by molar-refractivity contribution is 5.36. The lowest BCUT2D eigenvalue weighted by atomic mass is 9.45. The van der Waals surface area contributed by atoms with Crippen LogP contribution in [0.25, 0.3) is 0 Å². The molecule has 0 saturated heterocycles. The Balaban J connectivity index is 1.56. The number of rotatable bonds is 5. The molecule has 4 rings (SSSR count). The number of aliphatic hydroxyl groups is 1. The zero-order valence-electron chi connectivity index (χ0n) is 20.3. The van der Waals surface area contributed by atoms with Gasteiger partial charge in [-0.3, -0.25) is 0 Å². The molecule has 7 atom stereocenters. The maximum absolute atomic E-state index is 10.4. The van der Waals surface area contributed by atoms with E-state index < -0.39 is 0 Å². The number of fused-ring (bicyclic) bond motifs is 4. The van der Waals surface area contributed by atoms with E-state index >= 15 is 0 Å². The third-order valence-electron chi connectivity index (χ3n) is 10.9. The van der Waals surface area contributed by atoms with Gasteiger partial charge in [0, 0.05) is 0 Å². The van der Waals surface area contributed by atoms with Crippen molar-refractivity contribution in [3.8, 4) is 0 Å². The van der Waals surface area contributed by atoms with E-state index in [9.17, 15) is 5.11 Å². The Bertz CT molecular complexity index is 647. The Labute approximate surface area is 181 Å². The molecule has 1 unspecified atom stereocenters. The summed E-state index contributed by atoms with van der Waals surface area (Å²) < 4.78 is 0. The quantitative estimate of drug-likeness (QED) is 0.465. The monoisotopic (exact) mass is 400 g/mol. The predicted octanol–water partition coefficient (Wildman–Crippen LogP) is 7.92. The van der Waals surface area contributed by atoms with E-state index in [1.165, 1.54) is 64.2 Å². The number of allylic oxidation sites excluding steroid dienone is 2. The molecule has 2 saturated carbocycles. The summed E-state index contributed by atoms with van der Waals surface area (Å²) in [6.45, 7) is 15.1. The minimum Gasteiger partial charge on any atom is -0.393 e.